The topological polar surface area (TPSA) is 80.5 Å². The van der Waals surface area contributed by atoms with Gasteiger partial charge in [-0.2, -0.15) is 5.10 Å². The molecular formula is C25H26N4O3. The summed E-state index contributed by atoms with van der Waals surface area (Å²) in [6.07, 6.45) is 1.81. The van der Waals surface area contributed by atoms with Crippen LogP contribution in [0.1, 0.15) is 28.5 Å². The molecule has 0 spiro atoms. The van der Waals surface area contributed by atoms with Gasteiger partial charge in [0, 0.05) is 48.4 Å². The van der Waals surface area contributed by atoms with Gasteiger partial charge in [0.1, 0.15) is 11.5 Å². The van der Waals surface area contributed by atoms with Crippen LogP contribution < -0.4 is 4.74 Å². The maximum atomic E-state index is 13.6. The molecule has 0 saturated heterocycles. The average Bonchev–Trinajstić information content (AvgIpc) is 3.16. The first-order chi connectivity index (χ1) is 15.4. The SMILES string of the molecule is CCn1ncc(CN(C)C(=O)c2cc(-c3ccccc3O)nc3cc(OC)ccc23)c1C. The first-order valence-electron chi connectivity index (χ1n) is 10.5. The summed E-state index contributed by atoms with van der Waals surface area (Å²) >= 11 is 0. The number of nitrogens with zero attached hydrogens (tertiary/aromatic N) is 4. The number of aryl methyl sites for hydroxylation is 1. The Hall–Kier alpha value is -3.87. The quantitative estimate of drug-likeness (QED) is 0.490. The van der Waals surface area contributed by atoms with Crippen molar-refractivity contribution in [2.45, 2.75) is 26.9 Å². The lowest BCUT2D eigenvalue weighted by Gasteiger charge is -2.19. The molecule has 7 nitrogen and oxygen atoms in total. The van der Waals surface area contributed by atoms with Gasteiger partial charge in [-0.05, 0) is 44.2 Å². The van der Waals surface area contributed by atoms with Crippen LogP contribution in [-0.4, -0.2) is 44.8 Å². The molecule has 4 rings (SSSR count). The van der Waals surface area contributed by atoms with Crippen molar-refractivity contribution in [2.24, 2.45) is 0 Å². The van der Waals surface area contributed by atoms with E-state index >= 15 is 0 Å². The van der Waals surface area contributed by atoms with E-state index in [-0.39, 0.29) is 11.7 Å². The minimum Gasteiger partial charge on any atom is -0.507 e. The van der Waals surface area contributed by atoms with E-state index in [1.54, 1.807) is 49.4 Å². The zero-order chi connectivity index (χ0) is 22.8. The lowest BCUT2D eigenvalue weighted by atomic mass is 10.0. The van der Waals surface area contributed by atoms with E-state index < -0.39 is 0 Å². The second-order valence-corrected chi connectivity index (χ2v) is 7.69. The molecule has 1 N–H and O–H groups in total. The third kappa shape index (κ3) is 3.89. The van der Waals surface area contributed by atoms with Crippen molar-refractivity contribution in [1.29, 1.82) is 0 Å². The van der Waals surface area contributed by atoms with Gasteiger partial charge in [-0.15, -0.1) is 0 Å². The van der Waals surface area contributed by atoms with Crippen molar-refractivity contribution in [2.75, 3.05) is 14.2 Å². The van der Waals surface area contributed by atoms with Crippen LogP contribution in [0.4, 0.5) is 0 Å². The highest BCUT2D eigenvalue weighted by Crippen LogP contribution is 2.32. The van der Waals surface area contributed by atoms with Crippen molar-refractivity contribution in [3.8, 4) is 22.8 Å². The number of benzene rings is 2. The monoisotopic (exact) mass is 430 g/mol. The minimum atomic E-state index is -0.136. The maximum Gasteiger partial charge on any atom is 0.254 e. The molecule has 4 aromatic rings. The highest BCUT2D eigenvalue weighted by Gasteiger charge is 2.20. The van der Waals surface area contributed by atoms with Gasteiger partial charge in [-0.1, -0.05) is 12.1 Å². The number of para-hydroxylation sites is 1. The molecule has 2 aromatic heterocycles. The first-order valence-corrected chi connectivity index (χ1v) is 10.5. The van der Waals surface area contributed by atoms with Crippen LogP contribution in [0.2, 0.25) is 0 Å². The molecule has 164 valence electrons. The summed E-state index contributed by atoms with van der Waals surface area (Å²) in [6, 6.07) is 14.2. The number of amides is 1. The predicted octanol–water partition coefficient (Wildman–Crippen LogP) is 4.41. The largest absolute Gasteiger partial charge is 0.507 e. The smallest absolute Gasteiger partial charge is 0.254 e. The summed E-state index contributed by atoms with van der Waals surface area (Å²) in [4.78, 5) is 19.9. The zero-order valence-corrected chi connectivity index (χ0v) is 18.7. The molecule has 0 bridgehead atoms. The van der Waals surface area contributed by atoms with Gasteiger partial charge >= 0.3 is 0 Å². The summed E-state index contributed by atoms with van der Waals surface area (Å²) in [7, 11) is 3.37. The van der Waals surface area contributed by atoms with Crippen LogP contribution in [0.3, 0.4) is 0 Å². The van der Waals surface area contributed by atoms with E-state index in [0.29, 0.717) is 34.6 Å². The highest BCUT2D eigenvalue weighted by atomic mass is 16.5. The molecule has 7 heteroatoms. The van der Waals surface area contributed by atoms with Gasteiger partial charge < -0.3 is 14.7 Å². The van der Waals surface area contributed by atoms with E-state index in [1.165, 1.54) is 0 Å². The lowest BCUT2D eigenvalue weighted by Crippen LogP contribution is -2.26. The lowest BCUT2D eigenvalue weighted by molar-refractivity contribution is 0.0787. The third-order valence-electron chi connectivity index (χ3n) is 5.69. The van der Waals surface area contributed by atoms with Crippen LogP contribution >= 0.6 is 0 Å². The van der Waals surface area contributed by atoms with Crippen molar-refractivity contribution in [1.82, 2.24) is 19.7 Å². The normalized spacial score (nSPS) is 11.0. The van der Waals surface area contributed by atoms with Crippen LogP contribution in [0, 0.1) is 6.92 Å². The standard InChI is InChI=1S/C25H26N4O3/c1-5-29-16(2)17(14-26-29)15-28(3)25(31)21-13-23(20-8-6-7-9-24(20)30)27-22-12-18(32-4)10-11-19(21)22/h6-14,30H,5,15H2,1-4H3. The Balaban J connectivity index is 1.79. The van der Waals surface area contributed by atoms with Crippen LogP contribution in [0.15, 0.2) is 54.7 Å². The van der Waals surface area contributed by atoms with E-state index in [9.17, 15) is 9.90 Å². The Morgan fingerprint density at radius 2 is 1.97 bits per heavy atom. The van der Waals surface area contributed by atoms with Crippen LogP contribution in [0.25, 0.3) is 22.2 Å². The van der Waals surface area contributed by atoms with Gasteiger partial charge in [-0.3, -0.25) is 9.48 Å². The molecule has 2 heterocycles. The zero-order valence-electron chi connectivity index (χ0n) is 18.7. The molecule has 1 amide bonds. The van der Waals surface area contributed by atoms with Gasteiger partial charge in [0.2, 0.25) is 0 Å². The second kappa shape index (κ2) is 8.70. The summed E-state index contributed by atoms with van der Waals surface area (Å²) in [6.45, 7) is 5.27. The fourth-order valence-electron chi connectivity index (χ4n) is 3.83. The van der Waals surface area contributed by atoms with Crippen LogP contribution in [-0.2, 0) is 13.1 Å². The average molecular weight is 431 g/mol. The Morgan fingerprint density at radius 3 is 2.66 bits per heavy atom. The van der Waals surface area contributed by atoms with E-state index in [0.717, 1.165) is 23.2 Å². The van der Waals surface area contributed by atoms with Crippen molar-refractivity contribution >= 4 is 16.8 Å². The van der Waals surface area contributed by atoms with Gasteiger partial charge in [-0.25, -0.2) is 4.98 Å². The van der Waals surface area contributed by atoms with Crippen molar-refractivity contribution in [3.63, 3.8) is 0 Å². The molecule has 0 aliphatic carbocycles. The molecule has 0 saturated carbocycles. The minimum absolute atomic E-state index is 0.108. The number of rotatable bonds is 6. The van der Waals surface area contributed by atoms with Crippen molar-refractivity contribution in [3.05, 3.63) is 71.5 Å². The summed E-state index contributed by atoms with van der Waals surface area (Å²) in [5, 5.41) is 15.5. The molecular weight excluding hydrogens is 404 g/mol. The molecule has 0 atom stereocenters. The number of hydrogen-bond acceptors (Lipinski definition) is 5. The van der Waals surface area contributed by atoms with E-state index in [4.69, 9.17) is 9.72 Å². The van der Waals surface area contributed by atoms with E-state index in [2.05, 4.69) is 5.10 Å². The first kappa shape index (κ1) is 21.4. The maximum absolute atomic E-state index is 13.6. The molecule has 0 aliphatic rings. The second-order valence-electron chi connectivity index (χ2n) is 7.69. The third-order valence-corrected chi connectivity index (χ3v) is 5.69. The Kier molecular flexibility index (Phi) is 5.81. The molecule has 0 fully saturated rings. The number of ether oxygens (including phenoxy) is 1. The number of hydrogen-bond donors (Lipinski definition) is 1. The summed E-state index contributed by atoms with van der Waals surface area (Å²) in [5.74, 6) is 0.619. The van der Waals surface area contributed by atoms with Gasteiger partial charge in [0.05, 0.1) is 30.1 Å². The molecule has 0 aliphatic heterocycles. The Morgan fingerprint density at radius 1 is 1.19 bits per heavy atom. The van der Waals surface area contributed by atoms with E-state index in [1.807, 2.05) is 42.9 Å². The number of fused-ring (bicyclic) bond motifs is 1. The fourth-order valence-corrected chi connectivity index (χ4v) is 3.83. The van der Waals surface area contributed by atoms with Gasteiger partial charge in [0.25, 0.3) is 5.91 Å². The fraction of sp³-hybridized carbons (Fsp3) is 0.240. The highest BCUT2D eigenvalue weighted by molar-refractivity contribution is 6.07. The van der Waals surface area contributed by atoms with Gasteiger partial charge in [0.15, 0.2) is 0 Å². The molecule has 2 aromatic carbocycles. The number of aromatic nitrogens is 3. The predicted molar refractivity (Wildman–Crippen MR) is 124 cm³/mol. The number of carbonyl (C=O) groups is 1. The van der Waals surface area contributed by atoms with Crippen molar-refractivity contribution < 1.29 is 14.6 Å². The summed E-state index contributed by atoms with van der Waals surface area (Å²) in [5.41, 5.74) is 4.27. The number of phenols is 1. The molecule has 32 heavy (non-hydrogen) atoms. The number of pyridine rings is 1. The Bertz CT molecular complexity index is 1300. The molecule has 0 unspecified atom stereocenters. The van der Waals surface area contributed by atoms with Crippen LogP contribution in [0.5, 0.6) is 11.5 Å². The number of methoxy groups -OCH3 is 1. The number of aromatic hydroxyl groups is 1. The Labute approximate surface area is 186 Å². The molecule has 0 radical (unpaired) electrons. The number of carbonyl (C=O) groups excluding carboxylic acids is 1. The summed E-state index contributed by atoms with van der Waals surface area (Å²) < 4.78 is 7.27. The number of phenolic OH excluding ortho intramolecular Hbond substituents is 1.